The van der Waals surface area contributed by atoms with Crippen LogP contribution in [-0.2, 0) is 9.59 Å². The topological polar surface area (TPSA) is 67.4 Å². The first kappa shape index (κ1) is 20.1. The first-order valence-electron chi connectivity index (χ1n) is 8.09. The molecule has 0 unspecified atom stereocenters. The van der Waals surface area contributed by atoms with Gasteiger partial charge in [-0.3, -0.25) is 9.59 Å². The molecule has 0 fully saturated rings. The van der Waals surface area contributed by atoms with E-state index in [0.29, 0.717) is 27.4 Å². The monoisotopic (exact) mass is 394 g/mol. The Labute approximate surface area is 162 Å². The summed E-state index contributed by atoms with van der Waals surface area (Å²) in [7, 11) is 0. The Kier molecular flexibility index (Phi) is 7.30. The lowest BCUT2D eigenvalue weighted by Crippen LogP contribution is -2.35. The van der Waals surface area contributed by atoms with E-state index in [1.54, 1.807) is 12.1 Å². The van der Waals surface area contributed by atoms with Crippen LogP contribution in [0, 0.1) is 0 Å². The minimum atomic E-state index is -0.413. The molecule has 2 N–H and O–H groups in total. The summed E-state index contributed by atoms with van der Waals surface area (Å²) >= 11 is 11.8. The van der Waals surface area contributed by atoms with E-state index in [2.05, 4.69) is 24.5 Å². The number of benzene rings is 2. The van der Waals surface area contributed by atoms with Gasteiger partial charge in [-0.05, 0) is 41.8 Å². The number of hydrogen-bond acceptors (Lipinski definition) is 3. The first-order chi connectivity index (χ1) is 12.3. The smallest absolute Gasteiger partial charge is 0.258 e. The van der Waals surface area contributed by atoms with Crippen molar-refractivity contribution >= 4 is 40.7 Å². The van der Waals surface area contributed by atoms with E-state index in [1.165, 1.54) is 11.6 Å². The van der Waals surface area contributed by atoms with Gasteiger partial charge in [-0.15, -0.1) is 0 Å². The molecule has 2 aromatic carbocycles. The molecule has 0 aromatic heterocycles. The molecule has 2 aromatic rings. The van der Waals surface area contributed by atoms with Gasteiger partial charge in [-0.1, -0.05) is 49.2 Å². The number of carbonyl (C=O) groups excluding carboxylic acids is 2. The van der Waals surface area contributed by atoms with Crippen LogP contribution in [0.3, 0.4) is 0 Å². The Bertz CT molecular complexity index is 777. The van der Waals surface area contributed by atoms with Gasteiger partial charge >= 0.3 is 0 Å². The Hall–Kier alpha value is -2.24. The summed E-state index contributed by atoms with van der Waals surface area (Å²) in [6.07, 6.45) is 0. The minimum Gasteiger partial charge on any atom is -0.484 e. The van der Waals surface area contributed by atoms with E-state index >= 15 is 0 Å². The number of halogens is 2. The Morgan fingerprint density at radius 3 is 2.38 bits per heavy atom. The molecule has 0 spiro atoms. The molecule has 5 nitrogen and oxygen atoms in total. The summed E-state index contributed by atoms with van der Waals surface area (Å²) in [4.78, 5) is 23.7. The van der Waals surface area contributed by atoms with E-state index in [9.17, 15) is 9.59 Å². The molecular weight excluding hydrogens is 375 g/mol. The lowest BCUT2D eigenvalue weighted by Gasteiger charge is -2.10. The van der Waals surface area contributed by atoms with Gasteiger partial charge in [-0.25, -0.2) is 0 Å². The lowest BCUT2D eigenvalue weighted by atomic mass is 10.0. The highest BCUT2D eigenvalue weighted by Gasteiger charge is 2.09. The van der Waals surface area contributed by atoms with E-state index in [4.69, 9.17) is 27.9 Å². The minimum absolute atomic E-state index is 0.174. The molecule has 0 aliphatic rings. The maximum Gasteiger partial charge on any atom is 0.258 e. The van der Waals surface area contributed by atoms with Gasteiger partial charge in [0.15, 0.2) is 6.61 Å². The van der Waals surface area contributed by atoms with Crippen LogP contribution < -0.4 is 15.4 Å². The average Bonchev–Trinajstić information content (AvgIpc) is 2.61. The standard InChI is InChI=1S/C19H20Cl2N2O3/c1-12(2)13-3-6-15(7-4-13)26-11-19(25)22-10-18(24)23-17-9-14(20)5-8-16(17)21/h3-9,12H,10-11H2,1-2H3,(H,22,25)(H,23,24). The average molecular weight is 395 g/mol. The molecule has 7 heteroatoms. The summed E-state index contributed by atoms with van der Waals surface area (Å²) in [6, 6.07) is 12.3. The predicted octanol–water partition coefficient (Wildman–Crippen LogP) is 4.25. The fraction of sp³-hybridized carbons (Fsp3) is 0.263. The van der Waals surface area contributed by atoms with Crippen LogP contribution in [0.2, 0.25) is 10.0 Å². The largest absolute Gasteiger partial charge is 0.484 e. The Balaban J connectivity index is 1.75. The summed E-state index contributed by atoms with van der Waals surface area (Å²) in [5.74, 6) is 0.215. The van der Waals surface area contributed by atoms with Crippen molar-refractivity contribution in [1.29, 1.82) is 0 Å². The third-order valence-corrected chi connectivity index (χ3v) is 4.13. The van der Waals surface area contributed by atoms with Crippen LogP contribution >= 0.6 is 23.2 Å². The third-order valence-electron chi connectivity index (χ3n) is 3.57. The second-order valence-corrected chi connectivity index (χ2v) is 6.81. The fourth-order valence-electron chi connectivity index (χ4n) is 2.12. The van der Waals surface area contributed by atoms with E-state index in [-0.39, 0.29) is 13.2 Å². The fourth-order valence-corrected chi connectivity index (χ4v) is 2.45. The highest BCUT2D eigenvalue weighted by molar-refractivity contribution is 6.35. The van der Waals surface area contributed by atoms with Crippen molar-refractivity contribution in [3.8, 4) is 5.75 Å². The highest BCUT2D eigenvalue weighted by atomic mass is 35.5. The zero-order valence-electron chi connectivity index (χ0n) is 14.5. The molecule has 2 amide bonds. The molecular formula is C19H20Cl2N2O3. The third kappa shape index (κ3) is 6.24. The first-order valence-corrected chi connectivity index (χ1v) is 8.85. The summed E-state index contributed by atoms with van der Waals surface area (Å²) in [5, 5.41) is 5.88. The van der Waals surface area contributed by atoms with Gasteiger partial charge in [-0.2, -0.15) is 0 Å². The van der Waals surface area contributed by atoms with Gasteiger partial charge < -0.3 is 15.4 Å². The quantitative estimate of drug-likeness (QED) is 0.737. The van der Waals surface area contributed by atoms with Gasteiger partial charge in [0.2, 0.25) is 5.91 Å². The lowest BCUT2D eigenvalue weighted by molar-refractivity contribution is -0.125. The van der Waals surface area contributed by atoms with Crippen molar-refractivity contribution < 1.29 is 14.3 Å². The summed E-state index contributed by atoms with van der Waals surface area (Å²) in [5.41, 5.74) is 1.58. The normalized spacial score (nSPS) is 10.5. The molecule has 0 aliphatic heterocycles. The van der Waals surface area contributed by atoms with E-state index < -0.39 is 11.8 Å². The van der Waals surface area contributed by atoms with Crippen molar-refractivity contribution in [2.75, 3.05) is 18.5 Å². The van der Waals surface area contributed by atoms with Crippen molar-refractivity contribution in [1.82, 2.24) is 5.32 Å². The van der Waals surface area contributed by atoms with Gasteiger partial charge in [0, 0.05) is 5.02 Å². The molecule has 2 rings (SSSR count). The molecule has 0 aliphatic carbocycles. The second kappa shape index (κ2) is 9.46. The molecule has 138 valence electrons. The molecule has 0 heterocycles. The molecule has 0 saturated heterocycles. The molecule has 0 radical (unpaired) electrons. The summed E-state index contributed by atoms with van der Waals surface area (Å²) in [6.45, 7) is 3.83. The van der Waals surface area contributed by atoms with Crippen molar-refractivity contribution in [3.05, 3.63) is 58.1 Å². The maximum absolute atomic E-state index is 11.9. The number of ether oxygens (including phenoxy) is 1. The van der Waals surface area contributed by atoms with Crippen LogP contribution in [0.4, 0.5) is 5.69 Å². The van der Waals surface area contributed by atoms with Crippen molar-refractivity contribution in [2.45, 2.75) is 19.8 Å². The van der Waals surface area contributed by atoms with Crippen LogP contribution in [0.25, 0.3) is 0 Å². The Morgan fingerprint density at radius 1 is 1.04 bits per heavy atom. The molecule has 26 heavy (non-hydrogen) atoms. The SMILES string of the molecule is CC(C)c1ccc(OCC(=O)NCC(=O)Nc2cc(Cl)ccc2Cl)cc1. The number of hydrogen-bond donors (Lipinski definition) is 2. The number of nitrogens with one attached hydrogen (secondary N) is 2. The second-order valence-electron chi connectivity index (χ2n) is 5.96. The zero-order chi connectivity index (χ0) is 19.1. The van der Waals surface area contributed by atoms with Crippen LogP contribution in [0.15, 0.2) is 42.5 Å². The van der Waals surface area contributed by atoms with E-state index in [1.807, 2.05) is 24.3 Å². The Morgan fingerprint density at radius 2 is 1.73 bits per heavy atom. The zero-order valence-corrected chi connectivity index (χ0v) is 16.0. The number of amides is 2. The molecule has 0 bridgehead atoms. The maximum atomic E-state index is 11.9. The van der Waals surface area contributed by atoms with E-state index in [0.717, 1.165) is 0 Å². The summed E-state index contributed by atoms with van der Waals surface area (Å²) < 4.78 is 5.41. The van der Waals surface area contributed by atoms with Gasteiger partial charge in [0.05, 0.1) is 17.3 Å². The number of rotatable bonds is 7. The molecule has 0 atom stereocenters. The molecule has 0 saturated carbocycles. The number of carbonyl (C=O) groups is 2. The van der Waals surface area contributed by atoms with Crippen LogP contribution in [0.1, 0.15) is 25.3 Å². The number of anilines is 1. The van der Waals surface area contributed by atoms with Crippen molar-refractivity contribution in [3.63, 3.8) is 0 Å². The van der Waals surface area contributed by atoms with Crippen LogP contribution in [0.5, 0.6) is 5.75 Å². The predicted molar refractivity (Wildman–Crippen MR) is 104 cm³/mol. The van der Waals surface area contributed by atoms with Gasteiger partial charge in [0.25, 0.3) is 5.91 Å². The van der Waals surface area contributed by atoms with Crippen LogP contribution in [-0.4, -0.2) is 25.0 Å². The van der Waals surface area contributed by atoms with Gasteiger partial charge in [0.1, 0.15) is 5.75 Å². The highest BCUT2D eigenvalue weighted by Crippen LogP contribution is 2.25. The van der Waals surface area contributed by atoms with Crippen molar-refractivity contribution in [2.24, 2.45) is 0 Å².